The van der Waals surface area contributed by atoms with Crippen LogP contribution in [-0.4, -0.2) is 29.7 Å². The molecule has 27 heavy (non-hydrogen) atoms. The highest BCUT2D eigenvalue weighted by Crippen LogP contribution is 2.21. The Balaban J connectivity index is 1.35. The third-order valence-corrected chi connectivity index (χ3v) is 4.84. The van der Waals surface area contributed by atoms with Gasteiger partial charge in [-0.1, -0.05) is 17.6 Å². The van der Waals surface area contributed by atoms with Gasteiger partial charge in [-0.05, 0) is 42.5 Å². The summed E-state index contributed by atoms with van der Waals surface area (Å²) < 4.78 is 23.7. The molecule has 6 nitrogen and oxygen atoms in total. The molecule has 8 heteroatoms. The van der Waals surface area contributed by atoms with Gasteiger partial charge in [0.2, 0.25) is 11.7 Å². The average Bonchev–Trinajstić information content (AvgIpc) is 3.35. The standard InChI is InChI=1S/C19H20FN3O3S/c1-25-15-9-8-13(12-14(15)20)19(24)21-10-4-2-3-7-17-22-18(23-26-17)16-6-5-11-27-16/h5-6,8-9,11-12H,2-4,7,10H2,1H3,(H,21,24). The second-order valence-corrected chi connectivity index (χ2v) is 6.85. The fourth-order valence-electron chi connectivity index (χ4n) is 2.55. The smallest absolute Gasteiger partial charge is 0.251 e. The van der Waals surface area contributed by atoms with Gasteiger partial charge in [0.25, 0.3) is 5.91 Å². The van der Waals surface area contributed by atoms with Gasteiger partial charge in [-0.3, -0.25) is 4.79 Å². The molecule has 0 fully saturated rings. The molecule has 3 rings (SSSR count). The first-order chi connectivity index (χ1) is 13.2. The van der Waals surface area contributed by atoms with E-state index >= 15 is 0 Å². The Morgan fingerprint density at radius 1 is 1.30 bits per heavy atom. The number of benzene rings is 1. The van der Waals surface area contributed by atoms with E-state index in [1.807, 2.05) is 17.5 Å². The molecule has 2 heterocycles. The molecule has 2 aromatic heterocycles. The average molecular weight is 389 g/mol. The van der Waals surface area contributed by atoms with E-state index in [0.29, 0.717) is 24.7 Å². The molecule has 0 radical (unpaired) electrons. The molecule has 0 aliphatic heterocycles. The number of aryl methyl sites for hydroxylation is 1. The van der Waals surface area contributed by atoms with Crippen molar-refractivity contribution in [2.75, 3.05) is 13.7 Å². The number of unbranched alkanes of at least 4 members (excludes halogenated alkanes) is 2. The Bertz CT molecular complexity index is 880. The topological polar surface area (TPSA) is 77.2 Å². The van der Waals surface area contributed by atoms with Crippen LogP contribution < -0.4 is 10.1 Å². The number of thiophene rings is 1. The number of nitrogens with zero attached hydrogens (tertiary/aromatic N) is 2. The van der Waals surface area contributed by atoms with Gasteiger partial charge >= 0.3 is 0 Å². The number of amides is 1. The summed E-state index contributed by atoms with van der Waals surface area (Å²) in [6.07, 6.45) is 3.32. The Kier molecular flexibility index (Phi) is 6.54. The molecule has 0 saturated carbocycles. The fraction of sp³-hybridized carbons (Fsp3) is 0.316. The monoisotopic (exact) mass is 389 g/mol. The Morgan fingerprint density at radius 2 is 2.19 bits per heavy atom. The Labute approximate surface area is 160 Å². The van der Waals surface area contributed by atoms with Crippen LogP contribution in [0.25, 0.3) is 10.7 Å². The lowest BCUT2D eigenvalue weighted by molar-refractivity contribution is 0.0952. The van der Waals surface area contributed by atoms with Crippen LogP contribution >= 0.6 is 11.3 Å². The fourth-order valence-corrected chi connectivity index (χ4v) is 3.20. The van der Waals surface area contributed by atoms with Gasteiger partial charge in [0, 0.05) is 18.5 Å². The van der Waals surface area contributed by atoms with Gasteiger partial charge in [-0.2, -0.15) is 4.98 Å². The van der Waals surface area contributed by atoms with E-state index in [0.717, 1.165) is 24.1 Å². The zero-order valence-corrected chi connectivity index (χ0v) is 15.7. The lowest BCUT2D eigenvalue weighted by Crippen LogP contribution is -2.24. The Hall–Kier alpha value is -2.74. The van der Waals surface area contributed by atoms with Crippen molar-refractivity contribution >= 4 is 17.2 Å². The van der Waals surface area contributed by atoms with E-state index in [9.17, 15) is 9.18 Å². The van der Waals surface area contributed by atoms with E-state index in [4.69, 9.17) is 9.26 Å². The minimum Gasteiger partial charge on any atom is -0.494 e. The molecule has 0 spiro atoms. The van der Waals surface area contributed by atoms with E-state index in [-0.39, 0.29) is 17.2 Å². The van der Waals surface area contributed by atoms with Crippen LogP contribution in [0.3, 0.4) is 0 Å². The van der Waals surface area contributed by atoms with Gasteiger partial charge in [-0.15, -0.1) is 11.3 Å². The summed E-state index contributed by atoms with van der Waals surface area (Å²) >= 11 is 1.57. The van der Waals surface area contributed by atoms with Crippen LogP contribution in [0.1, 0.15) is 35.5 Å². The van der Waals surface area contributed by atoms with Crippen LogP contribution in [0.4, 0.5) is 4.39 Å². The number of halogens is 1. The molecular weight excluding hydrogens is 369 g/mol. The summed E-state index contributed by atoms with van der Waals surface area (Å²) in [5, 5.41) is 8.74. The van der Waals surface area contributed by atoms with Gasteiger partial charge < -0.3 is 14.6 Å². The molecule has 0 aliphatic rings. The largest absolute Gasteiger partial charge is 0.494 e. The van der Waals surface area contributed by atoms with Crippen molar-refractivity contribution in [1.29, 1.82) is 0 Å². The zero-order valence-electron chi connectivity index (χ0n) is 14.9. The van der Waals surface area contributed by atoms with Crippen molar-refractivity contribution in [1.82, 2.24) is 15.5 Å². The van der Waals surface area contributed by atoms with Crippen molar-refractivity contribution in [3.63, 3.8) is 0 Å². The predicted octanol–water partition coefficient (Wildman–Crippen LogP) is 4.09. The molecule has 1 aromatic carbocycles. The summed E-state index contributed by atoms with van der Waals surface area (Å²) in [6.45, 7) is 0.525. The van der Waals surface area contributed by atoms with E-state index in [2.05, 4.69) is 15.5 Å². The first-order valence-corrected chi connectivity index (χ1v) is 9.53. The van der Waals surface area contributed by atoms with Crippen molar-refractivity contribution in [3.8, 4) is 16.5 Å². The van der Waals surface area contributed by atoms with E-state index in [1.165, 1.54) is 25.3 Å². The lowest BCUT2D eigenvalue weighted by atomic mass is 10.1. The minimum absolute atomic E-state index is 0.120. The highest BCUT2D eigenvalue weighted by Gasteiger charge is 2.10. The summed E-state index contributed by atoms with van der Waals surface area (Å²) in [7, 11) is 1.38. The third-order valence-electron chi connectivity index (χ3n) is 3.98. The number of nitrogens with one attached hydrogen (secondary N) is 1. The molecule has 1 N–H and O–H groups in total. The number of hydrogen-bond donors (Lipinski definition) is 1. The van der Waals surface area contributed by atoms with Crippen molar-refractivity contribution in [3.05, 3.63) is 53.0 Å². The Morgan fingerprint density at radius 3 is 2.93 bits per heavy atom. The number of rotatable bonds is 9. The number of methoxy groups -OCH3 is 1. The van der Waals surface area contributed by atoms with E-state index in [1.54, 1.807) is 11.3 Å². The second kappa shape index (κ2) is 9.27. The number of carbonyl (C=O) groups excluding carboxylic acids is 1. The van der Waals surface area contributed by atoms with Crippen LogP contribution in [0.5, 0.6) is 5.75 Å². The molecule has 0 saturated heterocycles. The maximum absolute atomic E-state index is 13.6. The van der Waals surface area contributed by atoms with Crippen molar-refractivity contribution < 1.29 is 18.4 Å². The summed E-state index contributed by atoms with van der Waals surface area (Å²) in [4.78, 5) is 17.4. The first-order valence-electron chi connectivity index (χ1n) is 8.65. The summed E-state index contributed by atoms with van der Waals surface area (Å²) in [6, 6.07) is 8.06. The van der Waals surface area contributed by atoms with Gasteiger partial charge in [0.05, 0.1) is 12.0 Å². The molecule has 0 unspecified atom stereocenters. The van der Waals surface area contributed by atoms with Crippen molar-refractivity contribution in [2.45, 2.75) is 25.7 Å². The number of hydrogen-bond acceptors (Lipinski definition) is 6. The normalized spacial score (nSPS) is 10.7. The highest BCUT2D eigenvalue weighted by molar-refractivity contribution is 7.13. The predicted molar refractivity (Wildman–Crippen MR) is 100 cm³/mol. The first kappa shape index (κ1) is 19.0. The second-order valence-electron chi connectivity index (χ2n) is 5.90. The molecule has 0 bridgehead atoms. The molecule has 142 valence electrons. The highest BCUT2D eigenvalue weighted by atomic mass is 32.1. The lowest BCUT2D eigenvalue weighted by Gasteiger charge is -2.07. The third kappa shape index (κ3) is 5.13. The zero-order chi connectivity index (χ0) is 19.1. The van der Waals surface area contributed by atoms with Crippen LogP contribution in [-0.2, 0) is 6.42 Å². The molecule has 0 aliphatic carbocycles. The maximum atomic E-state index is 13.6. The summed E-state index contributed by atoms with van der Waals surface area (Å²) in [5.41, 5.74) is 0.278. The molecule has 0 atom stereocenters. The summed E-state index contributed by atoms with van der Waals surface area (Å²) in [5.74, 6) is 0.519. The molecule has 3 aromatic rings. The number of aromatic nitrogens is 2. The SMILES string of the molecule is COc1ccc(C(=O)NCCCCCc2nc(-c3cccs3)no2)cc1F. The van der Waals surface area contributed by atoms with Crippen LogP contribution in [0.15, 0.2) is 40.2 Å². The van der Waals surface area contributed by atoms with Crippen molar-refractivity contribution in [2.24, 2.45) is 0 Å². The maximum Gasteiger partial charge on any atom is 0.251 e. The number of carbonyl (C=O) groups is 1. The quantitative estimate of drug-likeness (QED) is 0.558. The minimum atomic E-state index is -0.549. The van der Waals surface area contributed by atoms with Crippen LogP contribution in [0, 0.1) is 5.82 Å². The van der Waals surface area contributed by atoms with Gasteiger partial charge in [0.1, 0.15) is 0 Å². The molecule has 1 amide bonds. The van der Waals surface area contributed by atoms with E-state index < -0.39 is 5.82 Å². The number of ether oxygens (including phenoxy) is 1. The van der Waals surface area contributed by atoms with Gasteiger partial charge in [-0.25, -0.2) is 4.39 Å². The van der Waals surface area contributed by atoms with Gasteiger partial charge in [0.15, 0.2) is 11.6 Å². The van der Waals surface area contributed by atoms with Crippen LogP contribution in [0.2, 0.25) is 0 Å². The molecular formula is C19H20FN3O3S.